The maximum atomic E-state index is 12.2. The van der Waals surface area contributed by atoms with Crippen molar-refractivity contribution < 1.29 is 19.1 Å². The zero-order valence-electron chi connectivity index (χ0n) is 17.9. The van der Waals surface area contributed by atoms with Gasteiger partial charge in [-0.3, -0.25) is 0 Å². The van der Waals surface area contributed by atoms with Crippen molar-refractivity contribution in [1.82, 2.24) is 9.80 Å². The normalized spacial score (nSPS) is 11.1. The summed E-state index contributed by atoms with van der Waals surface area (Å²) in [4.78, 5) is 28.7. The molecule has 0 bridgehead atoms. The van der Waals surface area contributed by atoms with Crippen molar-refractivity contribution in [3.8, 4) is 0 Å². The summed E-state index contributed by atoms with van der Waals surface area (Å²) in [7, 11) is 4.03. The van der Waals surface area contributed by atoms with Crippen LogP contribution >= 0.6 is 0 Å². The molecule has 0 aromatic heterocycles. The molecular formula is C22H36N2O4. The first-order valence-electron chi connectivity index (χ1n) is 10.3. The van der Waals surface area contributed by atoms with Gasteiger partial charge in [-0.15, -0.1) is 0 Å². The first-order valence-corrected chi connectivity index (χ1v) is 10.3. The summed E-state index contributed by atoms with van der Waals surface area (Å²) in [6.07, 6.45) is 4.54. The standard InChI is InChI=1S/C22H36N2O4/c1-5-7-12-23(3)14-16-27-21(25)19-10-9-11-20(18-19)22(26)28-17-15-24(4)13-8-6-2/h9-11,18H,5-8,12-17H2,1-4H3. The van der Waals surface area contributed by atoms with Gasteiger partial charge in [0.1, 0.15) is 13.2 Å². The summed E-state index contributed by atoms with van der Waals surface area (Å²) < 4.78 is 10.6. The zero-order valence-corrected chi connectivity index (χ0v) is 17.9. The molecule has 0 aliphatic rings. The Morgan fingerprint density at radius 2 is 1.21 bits per heavy atom. The van der Waals surface area contributed by atoms with Crippen molar-refractivity contribution in [2.45, 2.75) is 39.5 Å². The van der Waals surface area contributed by atoms with Gasteiger partial charge in [0.2, 0.25) is 0 Å². The van der Waals surface area contributed by atoms with Crippen LogP contribution in [0.1, 0.15) is 60.2 Å². The van der Waals surface area contributed by atoms with Gasteiger partial charge in [0.05, 0.1) is 11.1 Å². The number of esters is 2. The van der Waals surface area contributed by atoms with Gasteiger partial charge in [0, 0.05) is 13.1 Å². The highest BCUT2D eigenvalue weighted by molar-refractivity contribution is 5.95. The Balaban J connectivity index is 2.43. The fourth-order valence-corrected chi connectivity index (χ4v) is 2.61. The van der Waals surface area contributed by atoms with Gasteiger partial charge in [-0.25, -0.2) is 9.59 Å². The summed E-state index contributed by atoms with van der Waals surface area (Å²) in [6, 6.07) is 6.51. The summed E-state index contributed by atoms with van der Waals surface area (Å²) in [5.41, 5.74) is 0.733. The molecule has 0 atom stereocenters. The molecule has 6 heteroatoms. The monoisotopic (exact) mass is 392 g/mol. The third kappa shape index (κ3) is 9.85. The molecule has 0 saturated carbocycles. The van der Waals surface area contributed by atoms with E-state index in [4.69, 9.17) is 9.47 Å². The maximum absolute atomic E-state index is 12.2. The topological polar surface area (TPSA) is 59.1 Å². The number of unbranched alkanes of at least 4 members (excludes halogenated alkanes) is 2. The van der Waals surface area contributed by atoms with E-state index in [1.165, 1.54) is 6.07 Å². The quantitative estimate of drug-likeness (QED) is 0.452. The molecule has 0 spiro atoms. The van der Waals surface area contributed by atoms with Crippen molar-refractivity contribution in [2.24, 2.45) is 0 Å². The van der Waals surface area contributed by atoms with E-state index in [2.05, 4.69) is 23.6 Å². The molecule has 0 aliphatic heterocycles. The molecule has 0 unspecified atom stereocenters. The Morgan fingerprint density at radius 1 is 0.786 bits per heavy atom. The molecule has 0 saturated heterocycles. The third-order valence-corrected chi connectivity index (χ3v) is 4.53. The van der Waals surface area contributed by atoms with Crippen molar-refractivity contribution in [2.75, 3.05) is 53.5 Å². The van der Waals surface area contributed by atoms with E-state index in [0.717, 1.165) is 38.8 Å². The number of ether oxygens (including phenoxy) is 2. The molecule has 0 heterocycles. The third-order valence-electron chi connectivity index (χ3n) is 4.53. The second-order valence-electron chi connectivity index (χ2n) is 7.17. The van der Waals surface area contributed by atoms with Crippen molar-refractivity contribution in [1.29, 1.82) is 0 Å². The first kappa shape index (κ1) is 24.1. The number of nitrogens with zero attached hydrogens (tertiary/aromatic N) is 2. The summed E-state index contributed by atoms with van der Waals surface area (Å²) in [5.74, 6) is -0.837. The molecule has 158 valence electrons. The SMILES string of the molecule is CCCCN(C)CCOC(=O)c1cccc(C(=O)OCCN(C)CCCC)c1. The minimum Gasteiger partial charge on any atom is -0.461 e. The highest BCUT2D eigenvalue weighted by Crippen LogP contribution is 2.09. The first-order chi connectivity index (χ1) is 13.5. The van der Waals surface area contributed by atoms with Gasteiger partial charge < -0.3 is 19.3 Å². The Bertz CT molecular complexity index is 544. The van der Waals surface area contributed by atoms with Gasteiger partial charge in [0.15, 0.2) is 0 Å². The van der Waals surface area contributed by atoms with Gasteiger partial charge >= 0.3 is 11.9 Å². The fourth-order valence-electron chi connectivity index (χ4n) is 2.61. The molecule has 1 aromatic carbocycles. The van der Waals surface area contributed by atoms with Crippen LogP contribution in [0.2, 0.25) is 0 Å². The fraction of sp³-hybridized carbons (Fsp3) is 0.636. The Morgan fingerprint density at radius 3 is 1.61 bits per heavy atom. The number of hydrogen-bond donors (Lipinski definition) is 0. The lowest BCUT2D eigenvalue weighted by atomic mass is 10.1. The molecule has 28 heavy (non-hydrogen) atoms. The molecule has 1 rings (SSSR count). The molecule has 0 N–H and O–H groups in total. The average molecular weight is 393 g/mol. The Labute approximate surface area is 169 Å². The Kier molecular flexibility index (Phi) is 12.2. The van der Waals surface area contributed by atoms with Crippen LogP contribution in [-0.2, 0) is 9.47 Å². The van der Waals surface area contributed by atoms with Crippen LogP contribution in [0.5, 0.6) is 0 Å². The average Bonchev–Trinajstić information content (AvgIpc) is 2.70. The number of likely N-dealkylation sites (N-methyl/N-ethyl adjacent to an activating group) is 2. The van der Waals surface area contributed by atoms with E-state index in [1.807, 2.05) is 14.1 Å². The Hall–Kier alpha value is -1.92. The molecule has 1 aromatic rings. The van der Waals surface area contributed by atoms with Crippen molar-refractivity contribution in [3.05, 3.63) is 35.4 Å². The highest BCUT2D eigenvalue weighted by Gasteiger charge is 2.13. The molecule has 6 nitrogen and oxygen atoms in total. The van der Waals surface area contributed by atoms with Gasteiger partial charge in [-0.2, -0.15) is 0 Å². The molecule has 0 fully saturated rings. The van der Waals surface area contributed by atoms with Crippen LogP contribution in [0.3, 0.4) is 0 Å². The van der Waals surface area contributed by atoms with Crippen molar-refractivity contribution >= 4 is 11.9 Å². The van der Waals surface area contributed by atoms with E-state index in [9.17, 15) is 9.59 Å². The number of carbonyl (C=O) groups excluding carboxylic acids is 2. The lowest BCUT2D eigenvalue weighted by Gasteiger charge is -2.16. The van der Waals surface area contributed by atoms with E-state index in [-0.39, 0.29) is 0 Å². The van der Waals surface area contributed by atoms with E-state index < -0.39 is 11.9 Å². The lowest BCUT2D eigenvalue weighted by Crippen LogP contribution is -2.25. The number of carbonyl (C=O) groups is 2. The van der Waals surface area contributed by atoms with E-state index in [1.54, 1.807) is 18.2 Å². The predicted molar refractivity (Wildman–Crippen MR) is 112 cm³/mol. The molecule has 0 aliphatic carbocycles. The zero-order chi connectivity index (χ0) is 20.8. The largest absolute Gasteiger partial charge is 0.461 e. The van der Waals surface area contributed by atoms with E-state index >= 15 is 0 Å². The summed E-state index contributed by atoms with van der Waals surface area (Å²) >= 11 is 0. The van der Waals surface area contributed by atoms with Crippen LogP contribution in [0.4, 0.5) is 0 Å². The summed E-state index contributed by atoms with van der Waals surface area (Å²) in [5, 5.41) is 0. The maximum Gasteiger partial charge on any atom is 0.338 e. The van der Waals surface area contributed by atoms with Gasteiger partial charge in [-0.05, 0) is 58.2 Å². The minimum absolute atomic E-state index is 0.331. The number of rotatable bonds is 14. The molecule has 0 amide bonds. The van der Waals surface area contributed by atoms with Crippen LogP contribution in [0.15, 0.2) is 24.3 Å². The molecular weight excluding hydrogens is 356 g/mol. The molecule has 0 radical (unpaired) electrons. The second kappa shape index (κ2) is 14.1. The number of hydrogen-bond acceptors (Lipinski definition) is 6. The van der Waals surface area contributed by atoms with E-state index in [0.29, 0.717) is 37.4 Å². The van der Waals surface area contributed by atoms with Crippen molar-refractivity contribution in [3.63, 3.8) is 0 Å². The summed E-state index contributed by atoms with van der Waals surface area (Å²) in [6.45, 7) is 8.33. The number of benzene rings is 1. The second-order valence-corrected chi connectivity index (χ2v) is 7.17. The smallest absolute Gasteiger partial charge is 0.338 e. The van der Waals surface area contributed by atoms with Crippen LogP contribution in [0, 0.1) is 0 Å². The minimum atomic E-state index is -0.419. The lowest BCUT2D eigenvalue weighted by molar-refractivity contribution is 0.0471. The van der Waals surface area contributed by atoms with Crippen LogP contribution in [-0.4, -0.2) is 75.2 Å². The highest BCUT2D eigenvalue weighted by atomic mass is 16.5. The van der Waals surface area contributed by atoms with Gasteiger partial charge in [-0.1, -0.05) is 32.8 Å². The van der Waals surface area contributed by atoms with Crippen LogP contribution < -0.4 is 0 Å². The predicted octanol–water partition coefficient (Wildman–Crippen LogP) is 3.46. The van der Waals surface area contributed by atoms with Crippen LogP contribution in [0.25, 0.3) is 0 Å². The van der Waals surface area contributed by atoms with Gasteiger partial charge in [0.25, 0.3) is 0 Å².